The van der Waals surface area contributed by atoms with Gasteiger partial charge in [-0.3, -0.25) is 0 Å². The van der Waals surface area contributed by atoms with Crippen molar-refractivity contribution < 1.29 is 4.39 Å². The maximum Gasteiger partial charge on any atom is 0.165 e. The van der Waals surface area contributed by atoms with Gasteiger partial charge in [-0.15, -0.1) is 0 Å². The summed E-state index contributed by atoms with van der Waals surface area (Å²) in [4.78, 5) is 3.68. The summed E-state index contributed by atoms with van der Waals surface area (Å²) in [7, 11) is 0. The van der Waals surface area contributed by atoms with Crippen molar-refractivity contribution in [3.05, 3.63) is 29.7 Å². The van der Waals surface area contributed by atoms with Gasteiger partial charge in [0.1, 0.15) is 0 Å². The third-order valence-electron chi connectivity index (χ3n) is 1.53. The SMILES string of the molecule is NCCC=Cc1cnc(N)c(F)c1. The lowest BCUT2D eigenvalue weighted by Crippen LogP contribution is -1.96. The molecular weight excluding hydrogens is 169 g/mol. The van der Waals surface area contributed by atoms with Crippen molar-refractivity contribution >= 4 is 11.9 Å². The fourth-order valence-corrected chi connectivity index (χ4v) is 0.870. The molecule has 0 amide bonds. The van der Waals surface area contributed by atoms with Gasteiger partial charge < -0.3 is 11.5 Å². The molecule has 3 nitrogen and oxygen atoms in total. The zero-order chi connectivity index (χ0) is 9.68. The van der Waals surface area contributed by atoms with Gasteiger partial charge in [-0.1, -0.05) is 12.2 Å². The number of hydrogen-bond donors (Lipinski definition) is 2. The van der Waals surface area contributed by atoms with Crippen molar-refractivity contribution in [2.75, 3.05) is 12.3 Å². The van der Waals surface area contributed by atoms with Crippen molar-refractivity contribution in [3.63, 3.8) is 0 Å². The summed E-state index contributed by atoms with van der Waals surface area (Å²) >= 11 is 0. The first-order valence-corrected chi connectivity index (χ1v) is 4.01. The van der Waals surface area contributed by atoms with Crippen LogP contribution in [0.4, 0.5) is 10.2 Å². The van der Waals surface area contributed by atoms with E-state index in [2.05, 4.69) is 4.98 Å². The second-order valence-corrected chi connectivity index (χ2v) is 2.62. The van der Waals surface area contributed by atoms with Crippen LogP contribution in [0.1, 0.15) is 12.0 Å². The summed E-state index contributed by atoms with van der Waals surface area (Å²) in [6.07, 6.45) is 5.92. The van der Waals surface area contributed by atoms with Gasteiger partial charge in [0.15, 0.2) is 11.6 Å². The molecule has 0 aliphatic rings. The maximum atomic E-state index is 12.8. The Morgan fingerprint density at radius 1 is 1.54 bits per heavy atom. The molecule has 13 heavy (non-hydrogen) atoms. The highest BCUT2D eigenvalue weighted by Crippen LogP contribution is 2.09. The maximum absolute atomic E-state index is 12.8. The minimum absolute atomic E-state index is 0.0732. The Morgan fingerprint density at radius 3 is 2.92 bits per heavy atom. The van der Waals surface area contributed by atoms with Crippen molar-refractivity contribution in [1.29, 1.82) is 0 Å². The number of nitrogens with two attached hydrogens (primary N) is 2. The molecule has 4 heteroatoms. The lowest BCUT2D eigenvalue weighted by Gasteiger charge is -1.96. The van der Waals surface area contributed by atoms with Gasteiger partial charge in [0.25, 0.3) is 0 Å². The molecule has 1 rings (SSSR count). The fourth-order valence-electron chi connectivity index (χ4n) is 0.870. The first-order chi connectivity index (χ1) is 6.24. The number of pyridine rings is 1. The molecule has 0 atom stereocenters. The Labute approximate surface area is 76.3 Å². The minimum atomic E-state index is -0.491. The molecule has 1 aromatic heterocycles. The fraction of sp³-hybridized carbons (Fsp3) is 0.222. The second kappa shape index (κ2) is 4.57. The van der Waals surface area contributed by atoms with E-state index in [0.717, 1.165) is 6.42 Å². The normalized spacial score (nSPS) is 10.9. The third kappa shape index (κ3) is 2.83. The van der Waals surface area contributed by atoms with Gasteiger partial charge in [0.2, 0.25) is 0 Å². The lowest BCUT2D eigenvalue weighted by molar-refractivity contribution is 0.627. The van der Waals surface area contributed by atoms with Crippen molar-refractivity contribution in [2.24, 2.45) is 5.73 Å². The summed E-state index contributed by atoms with van der Waals surface area (Å²) in [5.41, 5.74) is 11.2. The summed E-state index contributed by atoms with van der Waals surface area (Å²) in [6.45, 7) is 0.585. The highest BCUT2D eigenvalue weighted by Gasteiger charge is 1.97. The van der Waals surface area contributed by atoms with E-state index in [4.69, 9.17) is 11.5 Å². The van der Waals surface area contributed by atoms with Crippen molar-refractivity contribution in [3.8, 4) is 0 Å². The van der Waals surface area contributed by atoms with E-state index in [-0.39, 0.29) is 5.82 Å². The molecule has 0 aliphatic carbocycles. The summed E-state index contributed by atoms with van der Waals surface area (Å²) in [6, 6.07) is 1.34. The van der Waals surface area contributed by atoms with E-state index < -0.39 is 5.82 Å². The zero-order valence-corrected chi connectivity index (χ0v) is 7.20. The van der Waals surface area contributed by atoms with Gasteiger partial charge >= 0.3 is 0 Å². The predicted octanol–water partition coefficient (Wildman–Crippen LogP) is 1.16. The topological polar surface area (TPSA) is 64.9 Å². The number of halogens is 1. The first kappa shape index (κ1) is 9.67. The monoisotopic (exact) mass is 181 g/mol. The quantitative estimate of drug-likeness (QED) is 0.735. The third-order valence-corrected chi connectivity index (χ3v) is 1.53. The second-order valence-electron chi connectivity index (χ2n) is 2.62. The molecular formula is C9H12FN3. The molecule has 1 heterocycles. The average molecular weight is 181 g/mol. The lowest BCUT2D eigenvalue weighted by atomic mass is 10.2. The van der Waals surface area contributed by atoms with E-state index in [1.165, 1.54) is 12.3 Å². The molecule has 0 saturated heterocycles. The number of aromatic nitrogens is 1. The van der Waals surface area contributed by atoms with E-state index >= 15 is 0 Å². The molecule has 0 saturated carbocycles. The van der Waals surface area contributed by atoms with Gasteiger partial charge in [0, 0.05) is 6.20 Å². The Balaban J connectivity index is 2.73. The van der Waals surface area contributed by atoms with E-state index in [9.17, 15) is 4.39 Å². The minimum Gasteiger partial charge on any atom is -0.381 e. The van der Waals surface area contributed by atoms with Crippen molar-refractivity contribution in [2.45, 2.75) is 6.42 Å². The summed E-state index contributed by atoms with van der Waals surface area (Å²) in [5.74, 6) is -0.564. The van der Waals surface area contributed by atoms with Crippen LogP contribution in [0.2, 0.25) is 0 Å². The molecule has 0 aliphatic heterocycles. The molecule has 4 N–H and O–H groups in total. The number of nitrogen functional groups attached to an aromatic ring is 1. The molecule has 0 radical (unpaired) electrons. The molecule has 0 aromatic carbocycles. The average Bonchev–Trinajstić information content (AvgIpc) is 2.12. The van der Waals surface area contributed by atoms with Crippen LogP contribution in [0.5, 0.6) is 0 Å². The summed E-state index contributed by atoms with van der Waals surface area (Å²) in [5, 5.41) is 0. The molecule has 1 aromatic rings. The zero-order valence-electron chi connectivity index (χ0n) is 7.20. The number of hydrogen-bond acceptors (Lipinski definition) is 3. The van der Waals surface area contributed by atoms with E-state index in [1.807, 2.05) is 6.08 Å². The van der Waals surface area contributed by atoms with Gasteiger partial charge in [-0.25, -0.2) is 9.37 Å². The number of anilines is 1. The standard InChI is InChI=1S/C9H12FN3/c10-8-5-7(3-1-2-4-11)6-13-9(8)12/h1,3,5-6H,2,4,11H2,(H2,12,13). The summed E-state index contributed by atoms with van der Waals surface area (Å²) < 4.78 is 12.8. The molecule has 0 fully saturated rings. The highest BCUT2D eigenvalue weighted by molar-refractivity contribution is 5.50. The van der Waals surface area contributed by atoms with Crippen LogP contribution in [0.3, 0.4) is 0 Å². The van der Waals surface area contributed by atoms with E-state index in [1.54, 1.807) is 6.08 Å². The predicted molar refractivity (Wildman–Crippen MR) is 51.3 cm³/mol. The molecule has 0 bridgehead atoms. The van der Waals surface area contributed by atoms with Crippen LogP contribution in [-0.4, -0.2) is 11.5 Å². The number of nitrogens with zero attached hydrogens (tertiary/aromatic N) is 1. The first-order valence-electron chi connectivity index (χ1n) is 4.01. The van der Waals surface area contributed by atoms with Crippen LogP contribution in [0.15, 0.2) is 18.3 Å². The Kier molecular flexibility index (Phi) is 3.40. The van der Waals surface area contributed by atoms with E-state index in [0.29, 0.717) is 12.1 Å². The van der Waals surface area contributed by atoms with Crippen LogP contribution < -0.4 is 11.5 Å². The van der Waals surface area contributed by atoms with Crippen molar-refractivity contribution in [1.82, 2.24) is 4.98 Å². The van der Waals surface area contributed by atoms with Gasteiger partial charge in [-0.05, 0) is 24.6 Å². The van der Waals surface area contributed by atoms with Crippen LogP contribution in [-0.2, 0) is 0 Å². The van der Waals surface area contributed by atoms with Crippen LogP contribution in [0.25, 0.3) is 6.08 Å². The Hall–Kier alpha value is -1.42. The van der Waals surface area contributed by atoms with Crippen LogP contribution >= 0.6 is 0 Å². The molecule has 70 valence electrons. The Morgan fingerprint density at radius 2 is 2.31 bits per heavy atom. The molecule has 0 spiro atoms. The van der Waals surface area contributed by atoms with Gasteiger partial charge in [0.05, 0.1) is 0 Å². The molecule has 0 unspecified atom stereocenters. The van der Waals surface area contributed by atoms with Gasteiger partial charge in [-0.2, -0.15) is 0 Å². The van der Waals surface area contributed by atoms with Crippen LogP contribution in [0, 0.1) is 5.82 Å². The number of rotatable bonds is 3. The largest absolute Gasteiger partial charge is 0.381 e. The Bertz CT molecular complexity index is 310. The smallest absolute Gasteiger partial charge is 0.165 e. The highest BCUT2D eigenvalue weighted by atomic mass is 19.1.